The largest absolute Gasteiger partial charge is 0.497 e. The number of carbonyl (C=O) groups excluding carboxylic acids is 1. The summed E-state index contributed by atoms with van der Waals surface area (Å²) in [5.74, 6) is -0.0299. The lowest BCUT2D eigenvalue weighted by Gasteiger charge is -2.13. The SMILES string of the molecule is COc1ccc(CCCC(/C=N\O)C(=O)OC(C)C)cc1. The van der Waals surface area contributed by atoms with E-state index < -0.39 is 5.92 Å². The summed E-state index contributed by atoms with van der Waals surface area (Å²) in [6.45, 7) is 3.59. The molecule has 1 aromatic rings. The maximum absolute atomic E-state index is 11.8. The molecular formula is C16H23NO4. The lowest BCUT2D eigenvalue weighted by atomic mass is 10.0. The molecule has 1 N–H and O–H groups in total. The van der Waals surface area contributed by atoms with Gasteiger partial charge in [0.25, 0.3) is 0 Å². The summed E-state index contributed by atoms with van der Waals surface area (Å²) < 4.78 is 10.2. The van der Waals surface area contributed by atoms with Gasteiger partial charge in [-0.15, -0.1) is 5.16 Å². The third-order valence-electron chi connectivity index (χ3n) is 3.04. The van der Waals surface area contributed by atoms with Gasteiger partial charge in [0, 0.05) is 0 Å². The lowest BCUT2D eigenvalue weighted by Crippen LogP contribution is -2.22. The fourth-order valence-electron chi connectivity index (χ4n) is 1.97. The van der Waals surface area contributed by atoms with Crippen LogP contribution in [0.25, 0.3) is 0 Å². The summed E-state index contributed by atoms with van der Waals surface area (Å²) >= 11 is 0. The van der Waals surface area contributed by atoms with E-state index >= 15 is 0 Å². The van der Waals surface area contributed by atoms with Crippen molar-refractivity contribution in [3.8, 4) is 5.75 Å². The number of oxime groups is 1. The van der Waals surface area contributed by atoms with Crippen LogP contribution in [0.1, 0.15) is 32.3 Å². The Bertz CT molecular complexity index is 454. The number of hydrogen-bond acceptors (Lipinski definition) is 5. The van der Waals surface area contributed by atoms with E-state index in [0.29, 0.717) is 6.42 Å². The molecule has 1 atom stereocenters. The van der Waals surface area contributed by atoms with Gasteiger partial charge in [-0.3, -0.25) is 4.79 Å². The Morgan fingerprint density at radius 2 is 2.00 bits per heavy atom. The highest BCUT2D eigenvalue weighted by molar-refractivity contribution is 5.89. The van der Waals surface area contributed by atoms with Crippen molar-refractivity contribution in [3.63, 3.8) is 0 Å². The second kappa shape index (κ2) is 9.00. The molecule has 0 heterocycles. The number of methoxy groups -OCH3 is 1. The first kappa shape index (κ1) is 17.0. The zero-order chi connectivity index (χ0) is 15.7. The highest BCUT2D eigenvalue weighted by atomic mass is 16.5. The van der Waals surface area contributed by atoms with Gasteiger partial charge in [-0.2, -0.15) is 0 Å². The van der Waals surface area contributed by atoms with E-state index in [1.807, 2.05) is 24.3 Å². The van der Waals surface area contributed by atoms with Crippen LogP contribution in [0.4, 0.5) is 0 Å². The average molecular weight is 293 g/mol. The first-order valence-corrected chi connectivity index (χ1v) is 7.07. The molecule has 0 amide bonds. The number of hydrogen-bond donors (Lipinski definition) is 1. The molecule has 0 fully saturated rings. The highest BCUT2D eigenvalue weighted by Gasteiger charge is 2.19. The van der Waals surface area contributed by atoms with E-state index in [2.05, 4.69) is 5.16 Å². The van der Waals surface area contributed by atoms with E-state index in [9.17, 15) is 4.79 Å². The van der Waals surface area contributed by atoms with E-state index in [0.717, 1.165) is 18.6 Å². The van der Waals surface area contributed by atoms with Crippen molar-refractivity contribution in [2.75, 3.05) is 7.11 Å². The molecule has 0 spiro atoms. The molecule has 0 aliphatic rings. The molecule has 1 aromatic carbocycles. The minimum Gasteiger partial charge on any atom is -0.497 e. The van der Waals surface area contributed by atoms with Crippen molar-refractivity contribution in [2.45, 2.75) is 39.2 Å². The molecule has 0 aliphatic heterocycles. The Labute approximate surface area is 125 Å². The molecule has 0 radical (unpaired) electrons. The zero-order valence-corrected chi connectivity index (χ0v) is 12.8. The van der Waals surface area contributed by atoms with Crippen LogP contribution in [0.15, 0.2) is 29.4 Å². The van der Waals surface area contributed by atoms with Gasteiger partial charge in [-0.05, 0) is 50.8 Å². The summed E-state index contributed by atoms with van der Waals surface area (Å²) in [6.07, 6.45) is 3.29. The van der Waals surface area contributed by atoms with E-state index in [1.165, 1.54) is 11.8 Å². The third kappa shape index (κ3) is 6.29. The van der Waals surface area contributed by atoms with Gasteiger partial charge in [-0.25, -0.2) is 0 Å². The topological polar surface area (TPSA) is 68.1 Å². The van der Waals surface area contributed by atoms with Crippen LogP contribution in [-0.2, 0) is 16.0 Å². The number of carbonyl (C=O) groups is 1. The molecule has 0 saturated heterocycles. The highest BCUT2D eigenvalue weighted by Crippen LogP contribution is 2.15. The molecule has 1 rings (SSSR count). The smallest absolute Gasteiger partial charge is 0.314 e. The van der Waals surface area contributed by atoms with Crippen molar-refractivity contribution in [1.29, 1.82) is 0 Å². The summed E-state index contributed by atoms with van der Waals surface area (Å²) in [5.41, 5.74) is 1.17. The third-order valence-corrected chi connectivity index (χ3v) is 3.04. The molecular weight excluding hydrogens is 270 g/mol. The molecule has 0 saturated carbocycles. The van der Waals surface area contributed by atoms with Crippen LogP contribution in [-0.4, -0.2) is 30.6 Å². The summed E-state index contributed by atoms with van der Waals surface area (Å²) in [4.78, 5) is 11.8. The fourth-order valence-corrected chi connectivity index (χ4v) is 1.97. The molecule has 0 bridgehead atoms. The first-order valence-electron chi connectivity index (χ1n) is 7.07. The van der Waals surface area contributed by atoms with Crippen molar-refractivity contribution in [2.24, 2.45) is 11.1 Å². The number of esters is 1. The standard InChI is InChI=1S/C16H23NO4/c1-12(2)21-16(18)14(11-17-19)6-4-5-13-7-9-15(20-3)10-8-13/h7-12,14,19H,4-6H2,1-3H3/b17-11-. The van der Waals surface area contributed by atoms with Crippen LogP contribution in [0.3, 0.4) is 0 Å². The Hall–Kier alpha value is -2.04. The second-order valence-corrected chi connectivity index (χ2v) is 5.10. The van der Waals surface area contributed by atoms with E-state index in [4.69, 9.17) is 14.7 Å². The van der Waals surface area contributed by atoms with Gasteiger partial charge in [0.15, 0.2) is 0 Å². The van der Waals surface area contributed by atoms with Crippen LogP contribution < -0.4 is 4.74 Å². The molecule has 21 heavy (non-hydrogen) atoms. The first-order chi connectivity index (χ1) is 10.1. The normalized spacial score (nSPS) is 12.6. The van der Waals surface area contributed by atoms with Gasteiger partial charge in [-0.1, -0.05) is 12.1 Å². The number of nitrogens with zero attached hydrogens (tertiary/aromatic N) is 1. The van der Waals surface area contributed by atoms with Gasteiger partial charge in [0.2, 0.25) is 0 Å². The summed E-state index contributed by atoms with van der Waals surface area (Å²) in [7, 11) is 1.63. The monoisotopic (exact) mass is 293 g/mol. The quantitative estimate of drug-likeness (QED) is 0.346. The average Bonchev–Trinajstić information content (AvgIpc) is 2.46. The minimum atomic E-state index is -0.504. The van der Waals surface area contributed by atoms with Crippen molar-refractivity contribution < 1.29 is 19.5 Å². The van der Waals surface area contributed by atoms with Crippen LogP contribution in [0, 0.1) is 5.92 Å². The molecule has 5 nitrogen and oxygen atoms in total. The zero-order valence-electron chi connectivity index (χ0n) is 12.8. The Balaban J connectivity index is 2.47. The Kier molecular flexibility index (Phi) is 7.29. The van der Waals surface area contributed by atoms with E-state index in [1.54, 1.807) is 21.0 Å². The number of aryl methyl sites for hydroxylation is 1. The lowest BCUT2D eigenvalue weighted by molar-refractivity contribution is -0.150. The van der Waals surface area contributed by atoms with Gasteiger partial charge >= 0.3 is 5.97 Å². The predicted octanol–water partition coefficient (Wildman–Crippen LogP) is 3.05. The molecule has 5 heteroatoms. The van der Waals surface area contributed by atoms with Gasteiger partial charge in [0.05, 0.1) is 25.3 Å². The fraction of sp³-hybridized carbons (Fsp3) is 0.500. The Morgan fingerprint density at radius 3 is 2.52 bits per heavy atom. The maximum atomic E-state index is 11.8. The minimum absolute atomic E-state index is 0.173. The molecule has 116 valence electrons. The van der Waals surface area contributed by atoms with Gasteiger partial charge in [0.1, 0.15) is 5.75 Å². The maximum Gasteiger partial charge on any atom is 0.314 e. The van der Waals surface area contributed by atoms with Crippen LogP contribution in [0.5, 0.6) is 5.75 Å². The van der Waals surface area contributed by atoms with Crippen molar-refractivity contribution in [3.05, 3.63) is 29.8 Å². The second-order valence-electron chi connectivity index (χ2n) is 5.10. The van der Waals surface area contributed by atoms with E-state index in [-0.39, 0.29) is 12.1 Å². The van der Waals surface area contributed by atoms with Crippen LogP contribution >= 0.6 is 0 Å². The molecule has 0 aromatic heterocycles. The number of rotatable bonds is 8. The van der Waals surface area contributed by atoms with Gasteiger partial charge < -0.3 is 14.7 Å². The molecule has 0 aliphatic carbocycles. The summed E-state index contributed by atoms with van der Waals surface area (Å²) in [6, 6.07) is 7.82. The summed E-state index contributed by atoms with van der Waals surface area (Å²) in [5, 5.41) is 11.6. The van der Waals surface area contributed by atoms with Crippen molar-refractivity contribution >= 4 is 12.2 Å². The number of benzene rings is 1. The Morgan fingerprint density at radius 1 is 1.33 bits per heavy atom. The van der Waals surface area contributed by atoms with Crippen LogP contribution in [0.2, 0.25) is 0 Å². The van der Waals surface area contributed by atoms with Crippen molar-refractivity contribution in [1.82, 2.24) is 0 Å². The number of ether oxygens (including phenoxy) is 2. The predicted molar refractivity (Wildman–Crippen MR) is 80.9 cm³/mol. The molecule has 1 unspecified atom stereocenters.